The third-order valence-electron chi connectivity index (χ3n) is 4.28. The molecule has 0 amide bonds. The van der Waals surface area contributed by atoms with E-state index in [0.29, 0.717) is 42.9 Å². The number of piperidine rings is 1. The fraction of sp³-hybridized carbons (Fsp3) is 0.786. The van der Waals surface area contributed by atoms with Gasteiger partial charge in [0.05, 0.1) is 6.20 Å². The van der Waals surface area contributed by atoms with Crippen LogP contribution in [0.4, 0.5) is 0 Å². The van der Waals surface area contributed by atoms with Crippen LogP contribution in [-0.4, -0.2) is 42.1 Å². The monoisotopic (exact) mass is 314 g/mol. The van der Waals surface area contributed by atoms with Crippen molar-refractivity contribution < 1.29 is 8.42 Å². The molecule has 0 aromatic carbocycles. The molecule has 7 heteroatoms. The van der Waals surface area contributed by atoms with E-state index in [1.54, 1.807) is 15.2 Å². The summed E-state index contributed by atoms with van der Waals surface area (Å²) in [6.07, 6.45) is 5.73. The minimum Gasteiger partial charge on any atom is -0.330 e. The molecule has 1 aliphatic heterocycles. The molecule has 1 fully saturated rings. The van der Waals surface area contributed by atoms with Crippen molar-refractivity contribution in [2.24, 2.45) is 17.6 Å². The SMILES string of the molecule is CC(C)C1CCN(S(=O)(=O)c2cnn(CCCN)c2)CC1. The van der Waals surface area contributed by atoms with Crippen LogP contribution in [0.3, 0.4) is 0 Å². The Morgan fingerprint density at radius 1 is 1.38 bits per heavy atom. The van der Waals surface area contributed by atoms with Crippen LogP contribution in [0.5, 0.6) is 0 Å². The summed E-state index contributed by atoms with van der Waals surface area (Å²) in [5.74, 6) is 1.25. The second-order valence-electron chi connectivity index (χ2n) is 6.07. The number of aryl methyl sites for hydroxylation is 1. The number of aromatic nitrogens is 2. The van der Waals surface area contributed by atoms with Crippen LogP contribution in [0, 0.1) is 11.8 Å². The van der Waals surface area contributed by atoms with Crippen molar-refractivity contribution in [2.45, 2.75) is 44.6 Å². The molecule has 0 bridgehead atoms. The number of hydrogen-bond acceptors (Lipinski definition) is 4. The molecule has 0 saturated carbocycles. The zero-order chi connectivity index (χ0) is 15.5. The molecule has 0 unspecified atom stereocenters. The Labute approximate surface area is 127 Å². The normalized spacial score (nSPS) is 18.5. The molecule has 2 N–H and O–H groups in total. The Kier molecular flexibility index (Phi) is 5.40. The summed E-state index contributed by atoms with van der Waals surface area (Å²) in [5.41, 5.74) is 5.46. The van der Waals surface area contributed by atoms with Gasteiger partial charge in [-0.25, -0.2) is 8.42 Å². The summed E-state index contributed by atoms with van der Waals surface area (Å²) < 4.78 is 28.4. The molecular weight excluding hydrogens is 288 g/mol. The maximum absolute atomic E-state index is 12.6. The maximum atomic E-state index is 12.6. The zero-order valence-electron chi connectivity index (χ0n) is 12.9. The lowest BCUT2D eigenvalue weighted by molar-refractivity contribution is 0.226. The van der Waals surface area contributed by atoms with Gasteiger partial charge in [0.25, 0.3) is 0 Å². The quantitative estimate of drug-likeness (QED) is 0.858. The van der Waals surface area contributed by atoms with Crippen molar-refractivity contribution >= 4 is 10.0 Å². The molecule has 0 spiro atoms. The lowest BCUT2D eigenvalue weighted by Crippen LogP contribution is -2.39. The van der Waals surface area contributed by atoms with Crippen LogP contribution in [0.25, 0.3) is 0 Å². The minimum absolute atomic E-state index is 0.294. The number of nitrogens with two attached hydrogens (primary N) is 1. The number of sulfonamides is 1. The van der Waals surface area contributed by atoms with Crippen LogP contribution in [-0.2, 0) is 16.6 Å². The Hall–Kier alpha value is -0.920. The first kappa shape index (κ1) is 16.5. The van der Waals surface area contributed by atoms with Crippen molar-refractivity contribution in [3.05, 3.63) is 12.4 Å². The highest BCUT2D eigenvalue weighted by Gasteiger charge is 2.31. The van der Waals surface area contributed by atoms with Gasteiger partial charge in [0.1, 0.15) is 4.90 Å². The molecule has 2 rings (SSSR count). The van der Waals surface area contributed by atoms with Gasteiger partial charge < -0.3 is 5.73 Å². The molecular formula is C14H26N4O2S. The Bertz CT molecular complexity index is 545. The topological polar surface area (TPSA) is 81.2 Å². The summed E-state index contributed by atoms with van der Waals surface area (Å²) >= 11 is 0. The molecule has 0 radical (unpaired) electrons. The molecule has 1 saturated heterocycles. The van der Waals surface area contributed by atoms with Crippen molar-refractivity contribution in [1.82, 2.24) is 14.1 Å². The average molecular weight is 314 g/mol. The molecule has 120 valence electrons. The van der Waals surface area contributed by atoms with Crippen molar-refractivity contribution in [3.63, 3.8) is 0 Å². The van der Waals surface area contributed by atoms with Gasteiger partial charge in [-0.05, 0) is 37.6 Å². The first-order chi connectivity index (χ1) is 9.95. The number of hydrogen-bond donors (Lipinski definition) is 1. The molecule has 2 heterocycles. The van der Waals surface area contributed by atoms with E-state index < -0.39 is 10.0 Å². The van der Waals surface area contributed by atoms with E-state index in [-0.39, 0.29) is 0 Å². The summed E-state index contributed by atoms with van der Waals surface area (Å²) in [6.45, 7) is 6.86. The fourth-order valence-corrected chi connectivity index (χ4v) is 4.21. The predicted octanol–water partition coefficient (Wildman–Crippen LogP) is 1.29. The third kappa shape index (κ3) is 3.84. The van der Waals surface area contributed by atoms with Crippen LogP contribution in [0.2, 0.25) is 0 Å². The Morgan fingerprint density at radius 2 is 2.05 bits per heavy atom. The smallest absolute Gasteiger partial charge is 0.246 e. The van der Waals surface area contributed by atoms with E-state index >= 15 is 0 Å². The van der Waals surface area contributed by atoms with Gasteiger partial charge in [-0.3, -0.25) is 4.68 Å². The Balaban J connectivity index is 2.03. The maximum Gasteiger partial charge on any atom is 0.246 e. The second kappa shape index (κ2) is 6.89. The number of nitrogens with zero attached hydrogens (tertiary/aromatic N) is 3. The highest BCUT2D eigenvalue weighted by atomic mass is 32.2. The lowest BCUT2D eigenvalue weighted by Gasteiger charge is -2.32. The van der Waals surface area contributed by atoms with Crippen LogP contribution in [0.1, 0.15) is 33.1 Å². The fourth-order valence-electron chi connectivity index (χ4n) is 2.79. The van der Waals surface area contributed by atoms with E-state index in [1.165, 1.54) is 6.20 Å². The largest absolute Gasteiger partial charge is 0.330 e. The number of rotatable bonds is 6. The van der Waals surface area contributed by atoms with Gasteiger partial charge in [0, 0.05) is 25.8 Å². The standard InChI is InChI=1S/C14H26N4O2S/c1-12(2)13-4-8-18(9-5-13)21(19,20)14-10-16-17(11-14)7-3-6-15/h10-13H,3-9,15H2,1-2H3. The first-order valence-electron chi connectivity index (χ1n) is 7.68. The lowest BCUT2D eigenvalue weighted by atomic mass is 9.87. The molecule has 0 aliphatic carbocycles. The summed E-state index contributed by atoms with van der Waals surface area (Å²) in [6, 6.07) is 0. The molecule has 6 nitrogen and oxygen atoms in total. The van der Waals surface area contributed by atoms with E-state index in [0.717, 1.165) is 19.3 Å². The van der Waals surface area contributed by atoms with Gasteiger partial charge in [0.15, 0.2) is 0 Å². The molecule has 1 aliphatic rings. The van der Waals surface area contributed by atoms with E-state index in [1.807, 2.05) is 0 Å². The second-order valence-corrected chi connectivity index (χ2v) is 8.00. The van der Waals surface area contributed by atoms with Gasteiger partial charge >= 0.3 is 0 Å². The highest BCUT2D eigenvalue weighted by molar-refractivity contribution is 7.89. The zero-order valence-corrected chi connectivity index (χ0v) is 13.7. The van der Waals surface area contributed by atoms with Crippen LogP contribution >= 0.6 is 0 Å². The summed E-state index contributed by atoms with van der Waals surface area (Å²) in [7, 11) is -3.40. The average Bonchev–Trinajstić information content (AvgIpc) is 2.94. The third-order valence-corrected chi connectivity index (χ3v) is 6.13. The van der Waals surface area contributed by atoms with Gasteiger partial charge in [0.2, 0.25) is 10.0 Å². The first-order valence-corrected chi connectivity index (χ1v) is 9.12. The molecule has 0 atom stereocenters. The Morgan fingerprint density at radius 3 is 2.62 bits per heavy atom. The summed E-state index contributed by atoms with van der Waals surface area (Å²) in [4.78, 5) is 0.294. The van der Waals surface area contributed by atoms with E-state index in [4.69, 9.17) is 5.73 Å². The molecule has 1 aromatic rings. The van der Waals surface area contributed by atoms with E-state index in [2.05, 4.69) is 18.9 Å². The van der Waals surface area contributed by atoms with Crippen molar-refractivity contribution in [1.29, 1.82) is 0 Å². The van der Waals surface area contributed by atoms with E-state index in [9.17, 15) is 8.42 Å². The van der Waals surface area contributed by atoms with Gasteiger partial charge in [-0.15, -0.1) is 0 Å². The van der Waals surface area contributed by atoms with Gasteiger partial charge in [-0.2, -0.15) is 9.40 Å². The molecule has 1 aromatic heterocycles. The van der Waals surface area contributed by atoms with Crippen molar-refractivity contribution in [3.8, 4) is 0 Å². The van der Waals surface area contributed by atoms with Crippen LogP contribution < -0.4 is 5.73 Å². The van der Waals surface area contributed by atoms with Crippen molar-refractivity contribution in [2.75, 3.05) is 19.6 Å². The van der Waals surface area contributed by atoms with Gasteiger partial charge in [-0.1, -0.05) is 13.8 Å². The highest BCUT2D eigenvalue weighted by Crippen LogP contribution is 2.27. The molecule has 21 heavy (non-hydrogen) atoms. The minimum atomic E-state index is -3.40. The predicted molar refractivity (Wildman–Crippen MR) is 82.2 cm³/mol. The summed E-state index contributed by atoms with van der Waals surface area (Å²) in [5, 5.41) is 4.11. The van der Waals surface area contributed by atoms with Crippen LogP contribution in [0.15, 0.2) is 17.3 Å².